The van der Waals surface area contributed by atoms with Crippen LogP contribution in [-0.2, 0) is 17.8 Å². The Morgan fingerprint density at radius 3 is 2.84 bits per heavy atom. The fraction of sp³-hybridized carbons (Fsp3) is 0.529. The average molecular weight is 359 g/mol. The van der Waals surface area contributed by atoms with Gasteiger partial charge in [-0.1, -0.05) is 0 Å². The highest BCUT2D eigenvalue weighted by Crippen LogP contribution is 2.26. The van der Waals surface area contributed by atoms with E-state index in [2.05, 4.69) is 15.3 Å². The normalized spacial score (nSPS) is 19.7. The molecule has 132 valence electrons. The number of likely N-dealkylation sites (tertiary alicyclic amines) is 1. The summed E-state index contributed by atoms with van der Waals surface area (Å²) >= 11 is 1.40. The third-order valence-electron chi connectivity index (χ3n) is 4.91. The second kappa shape index (κ2) is 6.59. The summed E-state index contributed by atoms with van der Waals surface area (Å²) in [5.74, 6) is 0.0193. The van der Waals surface area contributed by atoms with Gasteiger partial charge in [0.15, 0.2) is 5.13 Å². The Bertz CT molecular complexity index is 806. The van der Waals surface area contributed by atoms with Crippen molar-refractivity contribution in [1.82, 2.24) is 19.4 Å². The van der Waals surface area contributed by atoms with Crippen LogP contribution in [0.4, 0.5) is 5.13 Å². The van der Waals surface area contributed by atoms with Crippen LogP contribution in [0.2, 0.25) is 0 Å². The summed E-state index contributed by atoms with van der Waals surface area (Å²) in [6, 6.07) is 0. The maximum Gasteiger partial charge on any atom is 0.277 e. The standard InChI is InChI=1S/C17H21N5O2S/c1-11-9-25-17(19-11)20-15(23)14-13-5-4-12(8-22(13)10-18-14)16(24)21-6-2-3-7-21/h9-10,12H,2-8H2,1H3,(H,19,20,23). The third kappa shape index (κ3) is 3.18. The summed E-state index contributed by atoms with van der Waals surface area (Å²) in [4.78, 5) is 35.6. The molecule has 1 N–H and O–H groups in total. The van der Waals surface area contributed by atoms with Crippen molar-refractivity contribution in [3.63, 3.8) is 0 Å². The topological polar surface area (TPSA) is 80.1 Å². The highest BCUT2D eigenvalue weighted by molar-refractivity contribution is 7.13. The number of hydrogen-bond acceptors (Lipinski definition) is 5. The summed E-state index contributed by atoms with van der Waals surface area (Å²) in [5.41, 5.74) is 2.24. The summed E-state index contributed by atoms with van der Waals surface area (Å²) in [5, 5.41) is 5.29. The first-order valence-corrected chi connectivity index (χ1v) is 9.56. The van der Waals surface area contributed by atoms with Crippen molar-refractivity contribution >= 4 is 28.3 Å². The molecule has 1 atom stereocenters. The maximum absolute atomic E-state index is 12.6. The highest BCUT2D eigenvalue weighted by atomic mass is 32.1. The minimum Gasteiger partial charge on any atom is -0.342 e. The molecule has 25 heavy (non-hydrogen) atoms. The number of carbonyl (C=O) groups excluding carboxylic acids is 2. The van der Waals surface area contributed by atoms with Gasteiger partial charge in [-0.15, -0.1) is 11.3 Å². The van der Waals surface area contributed by atoms with Crippen LogP contribution in [0.5, 0.6) is 0 Å². The fourth-order valence-corrected chi connectivity index (χ4v) is 4.30. The first kappa shape index (κ1) is 16.3. The highest BCUT2D eigenvalue weighted by Gasteiger charge is 2.32. The lowest BCUT2D eigenvalue weighted by Gasteiger charge is -2.27. The molecule has 4 heterocycles. The van der Waals surface area contributed by atoms with Crippen molar-refractivity contribution in [3.8, 4) is 0 Å². The number of thiazole rings is 1. The molecule has 0 spiro atoms. The van der Waals surface area contributed by atoms with E-state index in [1.54, 1.807) is 6.33 Å². The van der Waals surface area contributed by atoms with Gasteiger partial charge in [0, 0.05) is 25.0 Å². The van der Waals surface area contributed by atoms with Crippen molar-refractivity contribution in [2.75, 3.05) is 18.4 Å². The SMILES string of the molecule is Cc1csc(NC(=O)c2ncn3c2CCC(C(=O)N2CCCC2)C3)n1. The molecule has 0 aromatic carbocycles. The lowest BCUT2D eigenvalue weighted by Crippen LogP contribution is -2.38. The quantitative estimate of drug-likeness (QED) is 0.910. The van der Waals surface area contributed by atoms with Crippen LogP contribution in [-0.4, -0.2) is 44.3 Å². The van der Waals surface area contributed by atoms with Crippen LogP contribution < -0.4 is 5.32 Å². The molecule has 0 saturated carbocycles. The fourth-order valence-electron chi connectivity index (χ4n) is 3.62. The number of aromatic nitrogens is 3. The van der Waals surface area contributed by atoms with Gasteiger partial charge in [-0.3, -0.25) is 14.9 Å². The number of imidazole rings is 1. The number of amides is 2. The predicted octanol–water partition coefficient (Wildman–Crippen LogP) is 2.09. The predicted molar refractivity (Wildman–Crippen MR) is 94.7 cm³/mol. The zero-order chi connectivity index (χ0) is 17.4. The second-order valence-electron chi connectivity index (χ2n) is 6.71. The van der Waals surface area contributed by atoms with E-state index in [9.17, 15) is 9.59 Å². The summed E-state index contributed by atoms with van der Waals surface area (Å²) in [6.07, 6.45) is 5.37. The van der Waals surface area contributed by atoms with Gasteiger partial charge in [0.1, 0.15) is 5.69 Å². The molecule has 2 aliphatic rings. The molecule has 1 saturated heterocycles. The molecule has 2 aromatic heterocycles. The van der Waals surface area contributed by atoms with Gasteiger partial charge in [0.25, 0.3) is 5.91 Å². The minimum atomic E-state index is -0.229. The maximum atomic E-state index is 12.6. The van der Waals surface area contributed by atoms with Crippen LogP contribution >= 0.6 is 11.3 Å². The van der Waals surface area contributed by atoms with E-state index in [0.29, 0.717) is 23.8 Å². The minimum absolute atomic E-state index is 0.00248. The van der Waals surface area contributed by atoms with Crippen LogP contribution in [0.3, 0.4) is 0 Å². The van der Waals surface area contributed by atoms with E-state index < -0.39 is 0 Å². The van der Waals surface area contributed by atoms with Crippen molar-refractivity contribution < 1.29 is 9.59 Å². The lowest BCUT2D eigenvalue weighted by molar-refractivity contribution is -0.135. The van der Waals surface area contributed by atoms with Gasteiger partial charge in [-0.05, 0) is 32.6 Å². The van der Waals surface area contributed by atoms with Crippen LogP contribution in [0.25, 0.3) is 0 Å². The Kier molecular flexibility index (Phi) is 4.29. The monoisotopic (exact) mass is 359 g/mol. The summed E-state index contributed by atoms with van der Waals surface area (Å²) in [6.45, 7) is 4.27. The third-order valence-corrected chi connectivity index (χ3v) is 5.79. The summed E-state index contributed by atoms with van der Waals surface area (Å²) < 4.78 is 1.96. The zero-order valence-electron chi connectivity index (χ0n) is 14.2. The number of rotatable bonds is 3. The molecular weight excluding hydrogens is 338 g/mol. The Morgan fingerprint density at radius 2 is 2.12 bits per heavy atom. The van der Waals surface area contributed by atoms with Gasteiger partial charge in [-0.2, -0.15) is 0 Å². The number of hydrogen-bond donors (Lipinski definition) is 1. The largest absolute Gasteiger partial charge is 0.342 e. The Balaban J connectivity index is 1.46. The van der Waals surface area contributed by atoms with Gasteiger partial charge >= 0.3 is 0 Å². The Labute approximate surface area is 150 Å². The summed E-state index contributed by atoms with van der Waals surface area (Å²) in [7, 11) is 0. The van der Waals surface area contributed by atoms with E-state index >= 15 is 0 Å². The van der Waals surface area contributed by atoms with Gasteiger partial charge in [0.05, 0.1) is 23.6 Å². The van der Waals surface area contributed by atoms with E-state index in [4.69, 9.17) is 0 Å². The smallest absolute Gasteiger partial charge is 0.277 e. The molecule has 1 unspecified atom stereocenters. The Morgan fingerprint density at radius 1 is 1.32 bits per heavy atom. The molecule has 2 amide bonds. The zero-order valence-corrected chi connectivity index (χ0v) is 15.0. The molecule has 0 aliphatic carbocycles. The van der Waals surface area contributed by atoms with E-state index in [1.165, 1.54) is 11.3 Å². The Hall–Kier alpha value is -2.22. The van der Waals surface area contributed by atoms with E-state index in [0.717, 1.165) is 43.7 Å². The van der Waals surface area contributed by atoms with Crippen molar-refractivity contribution in [3.05, 3.63) is 28.8 Å². The van der Waals surface area contributed by atoms with Crippen LogP contribution in [0.15, 0.2) is 11.7 Å². The van der Waals surface area contributed by atoms with E-state index in [-0.39, 0.29) is 17.7 Å². The number of aryl methyl sites for hydroxylation is 1. The molecule has 8 heteroatoms. The van der Waals surface area contributed by atoms with E-state index in [1.807, 2.05) is 21.8 Å². The van der Waals surface area contributed by atoms with Gasteiger partial charge in [-0.25, -0.2) is 9.97 Å². The first-order chi connectivity index (χ1) is 12.1. The molecule has 4 rings (SSSR count). The number of anilines is 1. The van der Waals surface area contributed by atoms with Gasteiger partial charge < -0.3 is 9.47 Å². The van der Waals surface area contributed by atoms with Crippen molar-refractivity contribution in [2.24, 2.45) is 5.92 Å². The lowest BCUT2D eigenvalue weighted by atomic mass is 9.95. The van der Waals surface area contributed by atoms with Crippen molar-refractivity contribution in [1.29, 1.82) is 0 Å². The number of carbonyl (C=O) groups is 2. The first-order valence-electron chi connectivity index (χ1n) is 8.68. The molecule has 0 bridgehead atoms. The number of fused-ring (bicyclic) bond motifs is 1. The molecule has 1 fully saturated rings. The van der Waals surface area contributed by atoms with Crippen LogP contribution in [0.1, 0.15) is 41.1 Å². The van der Waals surface area contributed by atoms with Gasteiger partial charge in [0.2, 0.25) is 5.91 Å². The van der Waals surface area contributed by atoms with Crippen molar-refractivity contribution in [2.45, 2.75) is 39.2 Å². The number of nitrogens with one attached hydrogen (secondary N) is 1. The average Bonchev–Trinajstić information content (AvgIpc) is 3.34. The van der Waals surface area contributed by atoms with Crippen LogP contribution in [0, 0.1) is 12.8 Å². The molecular formula is C17H21N5O2S. The molecule has 2 aromatic rings. The molecule has 0 radical (unpaired) electrons. The molecule has 7 nitrogen and oxygen atoms in total. The second-order valence-corrected chi connectivity index (χ2v) is 7.57. The number of nitrogens with zero attached hydrogens (tertiary/aromatic N) is 4. The molecule has 2 aliphatic heterocycles.